The van der Waals surface area contributed by atoms with Crippen LogP contribution in [0.1, 0.15) is 38.2 Å². The van der Waals surface area contributed by atoms with Crippen molar-refractivity contribution in [3.63, 3.8) is 0 Å². The second-order valence-electron chi connectivity index (χ2n) is 4.51. The van der Waals surface area contributed by atoms with E-state index in [1.807, 2.05) is 0 Å². The number of thiocarbonyl (C=S) groups is 1. The Balaban J connectivity index is 2.16. The highest BCUT2D eigenvalue weighted by Crippen LogP contribution is 2.43. The summed E-state index contributed by atoms with van der Waals surface area (Å²) in [7, 11) is 0. The van der Waals surface area contributed by atoms with Gasteiger partial charge >= 0.3 is 0 Å². The molecule has 0 unspecified atom stereocenters. The van der Waals surface area contributed by atoms with E-state index in [0.717, 1.165) is 10.9 Å². The number of hydrogen-bond acceptors (Lipinski definition) is 1. The average molecular weight is 219 g/mol. The van der Waals surface area contributed by atoms with Crippen molar-refractivity contribution in [2.45, 2.75) is 32.6 Å². The molecule has 0 heterocycles. The molecule has 15 heavy (non-hydrogen) atoms. The standard InChI is InChI=1S/C13H17NS/c1-9(2)13(15)14-12-6-4-3-5-11(12)10-7-8-10/h3-6,9-10H,7-8H2,1-2H3,(H,14,15). The normalized spacial score (nSPS) is 15.4. The number of hydrogen-bond donors (Lipinski definition) is 1. The van der Waals surface area contributed by atoms with Crippen LogP contribution in [0.25, 0.3) is 0 Å². The van der Waals surface area contributed by atoms with Crippen LogP contribution < -0.4 is 5.32 Å². The van der Waals surface area contributed by atoms with E-state index in [9.17, 15) is 0 Å². The number of anilines is 1. The molecule has 2 rings (SSSR count). The molecule has 1 nitrogen and oxygen atoms in total. The monoisotopic (exact) mass is 219 g/mol. The van der Waals surface area contributed by atoms with E-state index in [2.05, 4.69) is 43.4 Å². The van der Waals surface area contributed by atoms with Crippen LogP contribution in [0, 0.1) is 5.92 Å². The van der Waals surface area contributed by atoms with Crippen molar-refractivity contribution in [3.05, 3.63) is 29.8 Å². The maximum Gasteiger partial charge on any atom is 0.0823 e. The Morgan fingerprint density at radius 2 is 2.00 bits per heavy atom. The van der Waals surface area contributed by atoms with Crippen LogP contribution >= 0.6 is 12.2 Å². The van der Waals surface area contributed by atoms with Crippen molar-refractivity contribution >= 4 is 22.9 Å². The van der Waals surface area contributed by atoms with Gasteiger partial charge in [-0.15, -0.1) is 0 Å². The number of benzene rings is 1. The van der Waals surface area contributed by atoms with Crippen LogP contribution in [0.3, 0.4) is 0 Å². The summed E-state index contributed by atoms with van der Waals surface area (Å²) in [5.74, 6) is 1.18. The molecular formula is C13H17NS. The molecule has 0 atom stereocenters. The topological polar surface area (TPSA) is 12.0 Å². The second kappa shape index (κ2) is 4.31. The van der Waals surface area contributed by atoms with Crippen molar-refractivity contribution < 1.29 is 0 Å². The molecule has 1 aliphatic carbocycles. The van der Waals surface area contributed by atoms with Crippen molar-refractivity contribution in [2.75, 3.05) is 5.32 Å². The van der Waals surface area contributed by atoms with Gasteiger partial charge in [0.25, 0.3) is 0 Å². The molecule has 0 aliphatic heterocycles. The first kappa shape index (κ1) is 10.6. The van der Waals surface area contributed by atoms with Crippen LogP contribution in [-0.2, 0) is 0 Å². The highest BCUT2D eigenvalue weighted by atomic mass is 32.1. The molecule has 0 amide bonds. The van der Waals surface area contributed by atoms with Crippen LogP contribution in [-0.4, -0.2) is 4.99 Å². The van der Waals surface area contributed by atoms with E-state index < -0.39 is 0 Å². The lowest BCUT2D eigenvalue weighted by Gasteiger charge is -2.14. The molecule has 0 aromatic heterocycles. The van der Waals surface area contributed by atoms with Gasteiger partial charge in [0.05, 0.1) is 4.99 Å². The summed E-state index contributed by atoms with van der Waals surface area (Å²) in [5, 5.41) is 3.36. The molecule has 2 heteroatoms. The molecule has 1 fully saturated rings. The summed E-state index contributed by atoms with van der Waals surface area (Å²) in [6.45, 7) is 4.24. The zero-order chi connectivity index (χ0) is 10.8. The molecule has 1 saturated carbocycles. The first-order chi connectivity index (χ1) is 7.18. The molecule has 0 saturated heterocycles. The molecule has 1 aromatic rings. The van der Waals surface area contributed by atoms with Gasteiger partial charge < -0.3 is 5.32 Å². The first-order valence-electron chi connectivity index (χ1n) is 5.58. The summed E-state index contributed by atoms with van der Waals surface area (Å²) in [5.41, 5.74) is 2.64. The fraction of sp³-hybridized carbons (Fsp3) is 0.462. The van der Waals surface area contributed by atoms with Crippen molar-refractivity contribution in [1.82, 2.24) is 0 Å². The third-order valence-corrected chi connectivity index (χ3v) is 3.33. The van der Waals surface area contributed by atoms with Crippen molar-refractivity contribution in [3.8, 4) is 0 Å². The summed E-state index contributed by atoms with van der Waals surface area (Å²) in [4.78, 5) is 0.933. The largest absolute Gasteiger partial charge is 0.350 e. The van der Waals surface area contributed by atoms with Gasteiger partial charge in [-0.3, -0.25) is 0 Å². The lowest BCUT2D eigenvalue weighted by molar-refractivity contribution is 0.898. The maximum absolute atomic E-state index is 5.32. The number of nitrogens with one attached hydrogen (secondary N) is 1. The maximum atomic E-state index is 5.32. The van der Waals surface area contributed by atoms with Crippen LogP contribution in [0.2, 0.25) is 0 Å². The Morgan fingerprint density at radius 3 is 2.60 bits per heavy atom. The average Bonchev–Trinajstić information content (AvgIpc) is 3.02. The second-order valence-corrected chi connectivity index (χ2v) is 4.95. The van der Waals surface area contributed by atoms with Crippen molar-refractivity contribution in [2.24, 2.45) is 5.92 Å². The zero-order valence-electron chi connectivity index (χ0n) is 9.29. The third-order valence-electron chi connectivity index (χ3n) is 2.76. The summed E-state index contributed by atoms with van der Waals surface area (Å²) in [6, 6.07) is 8.51. The minimum atomic E-state index is 0.409. The highest BCUT2D eigenvalue weighted by molar-refractivity contribution is 7.80. The lowest BCUT2D eigenvalue weighted by Crippen LogP contribution is -2.16. The minimum absolute atomic E-state index is 0.409. The van der Waals surface area contributed by atoms with Gasteiger partial charge in [0.2, 0.25) is 0 Å². The zero-order valence-corrected chi connectivity index (χ0v) is 10.1. The Kier molecular flexibility index (Phi) is 3.06. The van der Waals surface area contributed by atoms with Gasteiger partial charge in [0.15, 0.2) is 0 Å². The Bertz CT molecular complexity index is 367. The number of rotatable bonds is 3. The van der Waals surface area contributed by atoms with Crippen LogP contribution in [0.4, 0.5) is 5.69 Å². The molecule has 80 valence electrons. The fourth-order valence-electron chi connectivity index (χ4n) is 1.64. The quantitative estimate of drug-likeness (QED) is 0.772. The van der Waals surface area contributed by atoms with E-state index in [1.54, 1.807) is 0 Å². The molecule has 0 spiro atoms. The van der Waals surface area contributed by atoms with Crippen LogP contribution in [0.5, 0.6) is 0 Å². The summed E-state index contributed by atoms with van der Waals surface area (Å²) >= 11 is 5.32. The fourth-order valence-corrected chi connectivity index (χ4v) is 1.75. The van der Waals surface area contributed by atoms with Gasteiger partial charge in [-0.2, -0.15) is 0 Å². The summed E-state index contributed by atoms with van der Waals surface area (Å²) in [6.07, 6.45) is 2.65. The Hall–Kier alpha value is -0.890. The van der Waals surface area contributed by atoms with E-state index in [4.69, 9.17) is 12.2 Å². The van der Waals surface area contributed by atoms with Gasteiger partial charge in [-0.1, -0.05) is 44.3 Å². The smallest absolute Gasteiger partial charge is 0.0823 e. The molecule has 1 N–H and O–H groups in total. The van der Waals surface area contributed by atoms with Crippen molar-refractivity contribution in [1.29, 1.82) is 0 Å². The first-order valence-corrected chi connectivity index (χ1v) is 5.99. The van der Waals surface area contributed by atoms with Crippen LogP contribution in [0.15, 0.2) is 24.3 Å². The predicted molar refractivity (Wildman–Crippen MR) is 69.5 cm³/mol. The molecular weight excluding hydrogens is 202 g/mol. The van der Waals surface area contributed by atoms with Gasteiger partial charge in [-0.05, 0) is 30.4 Å². The molecule has 0 radical (unpaired) electrons. The van der Waals surface area contributed by atoms with Gasteiger partial charge in [0.1, 0.15) is 0 Å². The van der Waals surface area contributed by atoms with E-state index in [-0.39, 0.29) is 0 Å². The molecule has 1 aliphatic rings. The van der Waals surface area contributed by atoms with E-state index in [0.29, 0.717) is 5.92 Å². The lowest BCUT2D eigenvalue weighted by atomic mass is 10.1. The van der Waals surface area contributed by atoms with E-state index in [1.165, 1.54) is 24.1 Å². The SMILES string of the molecule is CC(C)C(=S)Nc1ccccc1C1CC1. The van der Waals surface area contributed by atoms with E-state index >= 15 is 0 Å². The summed E-state index contributed by atoms with van der Waals surface area (Å²) < 4.78 is 0. The third kappa shape index (κ3) is 2.57. The molecule has 0 bridgehead atoms. The Morgan fingerprint density at radius 1 is 1.33 bits per heavy atom. The predicted octanol–water partition coefficient (Wildman–Crippen LogP) is 3.96. The van der Waals surface area contributed by atoms with Gasteiger partial charge in [0, 0.05) is 11.6 Å². The Labute approximate surface area is 96.9 Å². The highest BCUT2D eigenvalue weighted by Gasteiger charge is 2.25. The van der Waals surface area contributed by atoms with Gasteiger partial charge in [-0.25, -0.2) is 0 Å². The number of para-hydroxylation sites is 1. The molecule has 1 aromatic carbocycles. The minimum Gasteiger partial charge on any atom is -0.350 e.